The van der Waals surface area contributed by atoms with Gasteiger partial charge in [-0.05, 0) is 90.5 Å². The van der Waals surface area contributed by atoms with E-state index in [1.807, 2.05) is 6.07 Å². The van der Waals surface area contributed by atoms with E-state index in [2.05, 4.69) is 44.2 Å². The lowest BCUT2D eigenvalue weighted by Crippen LogP contribution is -2.13. The summed E-state index contributed by atoms with van der Waals surface area (Å²) in [6.07, 6.45) is 12.9. The molecule has 0 N–H and O–H groups in total. The van der Waals surface area contributed by atoms with Crippen molar-refractivity contribution >= 4 is 0 Å². The molecule has 0 bridgehead atoms. The van der Waals surface area contributed by atoms with Crippen molar-refractivity contribution in [2.45, 2.75) is 89.9 Å². The molecule has 2 aliphatic rings. The molecule has 2 saturated carbocycles. The summed E-state index contributed by atoms with van der Waals surface area (Å²) in [4.78, 5) is 0. The van der Waals surface area contributed by atoms with Gasteiger partial charge >= 0.3 is 0 Å². The Morgan fingerprint density at radius 1 is 0.759 bits per heavy atom. The van der Waals surface area contributed by atoms with Crippen LogP contribution < -0.4 is 0 Å². The van der Waals surface area contributed by atoms with Gasteiger partial charge < -0.3 is 0 Å². The largest absolute Gasteiger partial charge is 0.207 e. The van der Waals surface area contributed by atoms with Crippen LogP contribution in [0.1, 0.15) is 101 Å². The SMILES string of the molecule is CCCC1CCC(c2ccc(-c3ccc(C4CCC(C)CC4)c(F)c3)cc2)CC1. The molecule has 0 radical (unpaired) electrons. The summed E-state index contributed by atoms with van der Waals surface area (Å²) < 4.78 is 14.9. The summed E-state index contributed by atoms with van der Waals surface area (Å²) >= 11 is 0. The van der Waals surface area contributed by atoms with Crippen LogP contribution >= 0.6 is 0 Å². The predicted octanol–water partition coefficient (Wildman–Crippen LogP) is 8.86. The molecule has 29 heavy (non-hydrogen) atoms. The molecule has 0 spiro atoms. The van der Waals surface area contributed by atoms with Gasteiger partial charge in [0, 0.05) is 0 Å². The summed E-state index contributed by atoms with van der Waals surface area (Å²) in [5.74, 6) is 2.86. The Balaban J connectivity index is 1.42. The fraction of sp³-hybridized carbons (Fsp3) is 0.571. The van der Waals surface area contributed by atoms with E-state index in [4.69, 9.17) is 0 Å². The van der Waals surface area contributed by atoms with Crippen LogP contribution in [0, 0.1) is 17.7 Å². The topological polar surface area (TPSA) is 0 Å². The molecule has 0 unspecified atom stereocenters. The quantitative estimate of drug-likeness (QED) is 0.476. The van der Waals surface area contributed by atoms with Gasteiger partial charge in [0.2, 0.25) is 0 Å². The van der Waals surface area contributed by atoms with Gasteiger partial charge in [-0.2, -0.15) is 0 Å². The van der Waals surface area contributed by atoms with E-state index in [1.54, 1.807) is 6.07 Å². The first kappa shape index (κ1) is 20.6. The molecule has 2 aliphatic carbocycles. The minimum absolute atomic E-state index is 0.0135. The first-order valence-electron chi connectivity index (χ1n) is 12.0. The lowest BCUT2D eigenvalue weighted by Gasteiger charge is -2.28. The van der Waals surface area contributed by atoms with E-state index in [0.717, 1.165) is 41.4 Å². The highest BCUT2D eigenvalue weighted by Gasteiger charge is 2.23. The van der Waals surface area contributed by atoms with Crippen molar-refractivity contribution < 1.29 is 4.39 Å². The van der Waals surface area contributed by atoms with Gasteiger partial charge in [-0.15, -0.1) is 0 Å². The van der Waals surface area contributed by atoms with Crippen LogP contribution in [-0.4, -0.2) is 0 Å². The van der Waals surface area contributed by atoms with Crippen molar-refractivity contribution in [3.05, 3.63) is 59.4 Å². The zero-order valence-corrected chi connectivity index (χ0v) is 18.3. The Morgan fingerprint density at radius 3 is 2.00 bits per heavy atom. The molecule has 0 nitrogen and oxygen atoms in total. The molecule has 0 aromatic heterocycles. The highest BCUT2D eigenvalue weighted by Crippen LogP contribution is 2.39. The maximum Gasteiger partial charge on any atom is 0.127 e. The van der Waals surface area contributed by atoms with E-state index in [1.165, 1.54) is 56.9 Å². The van der Waals surface area contributed by atoms with Gasteiger partial charge in [-0.3, -0.25) is 0 Å². The Hall–Kier alpha value is -1.63. The summed E-state index contributed by atoms with van der Waals surface area (Å²) in [7, 11) is 0. The minimum atomic E-state index is -0.0135. The lowest BCUT2D eigenvalue weighted by molar-refractivity contribution is 0.308. The molecule has 0 amide bonds. The maximum atomic E-state index is 14.9. The number of rotatable bonds is 5. The molecule has 2 fully saturated rings. The van der Waals surface area contributed by atoms with Crippen LogP contribution in [-0.2, 0) is 0 Å². The van der Waals surface area contributed by atoms with Crippen molar-refractivity contribution in [1.29, 1.82) is 0 Å². The molecular formula is C28H37F. The smallest absolute Gasteiger partial charge is 0.127 e. The Kier molecular flexibility index (Phi) is 6.73. The fourth-order valence-electron chi connectivity index (χ4n) is 5.75. The van der Waals surface area contributed by atoms with Crippen molar-refractivity contribution in [2.24, 2.45) is 11.8 Å². The minimum Gasteiger partial charge on any atom is -0.207 e. The highest BCUT2D eigenvalue weighted by atomic mass is 19.1. The molecule has 0 aliphatic heterocycles. The second-order valence-corrected chi connectivity index (χ2v) is 9.82. The van der Waals surface area contributed by atoms with Crippen LogP contribution in [0.3, 0.4) is 0 Å². The Morgan fingerprint density at radius 2 is 1.38 bits per heavy atom. The van der Waals surface area contributed by atoms with Crippen LogP contribution in [0.5, 0.6) is 0 Å². The van der Waals surface area contributed by atoms with Gasteiger partial charge in [-0.1, -0.05) is 75.9 Å². The standard InChI is InChI=1S/C28H37F/c1-3-4-21-7-11-22(12-8-21)23-13-15-24(16-14-23)26-17-18-27(28(29)19-26)25-9-5-20(2)6-10-25/h13-22,25H,3-12H2,1-2H3. The van der Waals surface area contributed by atoms with E-state index in [9.17, 15) is 4.39 Å². The Labute approximate surface area is 176 Å². The van der Waals surface area contributed by atoms with Gasteiger partial charge in [0.05, 0.1) is 0 Å². The van der Waals surface area contributed by atoms with Crippen molar-refractivity contribution in [1.82, 2.24) is 0 Å². The number of hydrogen-bond donors (Lipinski definition) is 0. The molecule has 2 aromatic carbocycles. The van der Waals surface area contributed by atoms with Gasteiger partial charge in [0.1, 0.15) is 5.82 Å². The third-order valence-electron chi connectivity index (χ3n) is 7.72. The normalized spacial score (nSPS) is 27.7. The van der Waals surface area contributed by atoms with E-state index < -0.39 is 0 Å². The average molecular weight is 393 g/mol. The molecule has 0 saturated heterocycles. The molecule has 4 rings (SSSR count). The van der Waals surface area contributed by atoms with Crippen LogP contribution in [0.2, 0.25) is 0 Å². The average Bonchev–Trinajstić information content (AvgIpc) is 2.75. The number of hydrogen-bond acceptors (Lipinski definition) is 0. The number of benzene rings is 2. The summed E-state index contributed by atoms with van der Waals surface area (Å²) in [6, 6.07) is 14.9. The molecular weight excluding hydrogens is 355 g/mol. The second kappa shape index (κ2) is 9.45. The van der Waals surface area contributed by atoms with Crippen LogP contribution in [0.25, 0.3) is 11.1 Å². The van der Waals surface area contributed by atoms with Crippen LogP contribution in [0.15, 0.2) is 42.5 Å². The first-order valence-corrected chi connectivity index (χ1v) is 12.0. The molecule has 0 heterocycles. The van der Waals surface area contributed by atoms with Crippen molar-refractivity contribution in [3.8, 4) is 11.1 Å². The Bertz CT molecular complexity index is 774. The summed E-state index contributed by atoms with van der Waals surface area (Å²) in [5, 5.41) is 0. The van der Waals surface area contributed by atoms with Crippen molar-refractivity contribution in [2.75, 3.05) is 0 Å². The first-order chi connectivity index (χ1) is 14.1. The van der Waals surface area contributed by atoms with Crippen LogP contribution in [0.4, 0.5) is 4.39 Å². The zero-order chi connectivity index (χ0) is 20.2. The van der Waals surface area contributed by atoms with E-state index in [0.29, 0.717) is 11.8 Å². The summed E-state index contributed by atoms with van der Waals surface area (Å²) in [6.45, 7) is 4.62. The maximum absolute atomic E-state index is 14.9. The van der Waals surface area contributed by atoms with Gasteiger partial charge in [0.25, 0.3) is 0 Å². The van der Waals surface area contributed by atoms with Gasteiger partial charge in [0.15, 0.2) is 0 Å². The number of halogens is 1. The molecule has 0 atom stereocenters. The highest BCUT2D eigenvalue weighted by molar-refractivity contribution is 5.64. The molecule has 1 heteroatoms. The lowest BCUT2D eigenvalue weighted by atomic mass is 9.77. The molecule has 156 valence electrons. The van der Waals surface area contributed by atoms with Gasteiger partial charge in [-0.25, -0.2) is 4.39 Å². The third kappa shape index (κ3) is 4.93. The van der Waals surface area contributed by atoms with E-state index in [-0.39, 0.29) is 5.82 Å². The second-order valence-electron chi connectivity index (χ2n) is 9.82. The third-order valence-corrected chi connectivity index (χ3v) is 7.72. The fourth-order valence-corrected chi connectivity index (χ4v) is 5.75. The molecule has 2 aromatic rings. The van der Waals surface area contributed by atoms with E-state index >= 15 is 0 Å². The summed E-state index contributed by atoms with van der Waals surface area (Å²) in [5.41, 5.74) is 4.54. The zero-order valence-electron chi connectivity index (χ0n) is 18.3. The predicted molar refractivity (Wildman–Crippen MR) is 122 cm³/mol. The monoisotopic (exact) mass is 392 g/mol. The van der Waals surface area contributed by atoms with Crippen molar-refractivity contribution in [3.63, 3.8) is 0 Å².